The fraction of sp³-hybridized carbons (Fsp3) is 0.522. The molecule has 1 saturated heterocycles. The molecule has 0 radical (unpaired) electrons. The number of hydrogen-bond donors (Lipinski definition) is 2. The van der Waals surface area contributed by atoms with E-state index in [1.807, 2.05) is 31.5 Å². The van der Waals surface area contributed by atoms with Gasteiger partial charge in [0, 0.05) is 24.3 Å². The first kappa shape index (κ1) is 25.3. The topological polar surface area (TPSA) is 107 Å². The first-order valence-corrected chi connectivity index (χ1v) is 11.1. The summed E-state index contributed by atoms with van der Waals surface area (Å²) in [7, 11) is 1.46. The Hall–Kier alpha value is -2.80. The molecule has 0 bridgehead atoms. The Labute approximate surface area is 200 Å². The van der Waals surface area contributed by atoms with Gasteiger partial charge < -0.3 is 24.3 Å². The second-order valence-electron chi connectivity index (χ2n) is 9.62. The van der Waals surface area contributed by atoms with E-state index in [1.165, 1.54) is 18.0 Å². The van der Waals surface area contributed by atoms with E-state index in [1.54, 1.807) is 6.33 Å². The lowest BCUT2D eigenvalue weighted by Gasteiger charge is -2.43. The van der Waals surface area contributed by atoms with Crippen LogP contribution in [0.4, 0.5) is 13.2 Å². The molecule has 9 nitrogen and oxygen atoms in total. The average molecular weight is 496 g/mol. The molecule has 12 heteroatoms. The number of ether oxygens (including phenoxy) is 2. The van der Waals surface area contributed by atoms with E-state index >= 15 is 0 Å². The van der Waals surface area contributed by atoms with Crippen molar-refractivity contribution in [1.82, 2.24) is 24.5 Å². The number of methoxy groups -OCH3 is 1. The summed E-state index contributed by atoms with van der Waals surface area (Å²) in [6, 6.07) is 0.774. The van der Waals surface area contributed by atoms with Gasteiger partial charge in [-0.25, -0.2) is 22.8 Å². The molecule has 0 unspecified atom stereocenters. The minimum atomic E-state index is -1.58. The fourth-order valence-corrected chi connectivity index (χ4v) is 4.23. The van der Waals surface area contributed by atoms with Crippen molar-refractivity contribution >= 4 is 0 Å². The van der Waals surface area contributed by atoms with Crippen LogP contribution >= 0.6 is 0 Å². The van der Waals surface area contributed by atoms with Gasteiger partial charge in [0.05, 0.1) is 31.4 Å². The van der Waals surface area contributed by atoms with E-state index in [9.17, 15) is 23.4 Å². The van der Waals surface area contributed by atoms with Gasteiger partial charge in [-0.1, -0.05) is 26.0 Å². The zero-order chi connectivity index (χ0) is 25.5. The summed E-state index contributed by atoms with van der Waals surface area (Å²) in [5.41, 5.74) is 0.781. The Morgan fingerprint density at radius 3 is 2.37 bits per heavy atom. The second-order valence-corrected chi connectivity index (χ2v) is 9.62. The van der Waals surface area contributed by atoms with Gasteiger partial charge in [-0.15, -0.1) is 5.10 Å². The molecule has 2 N–H and O–H groups in total. The number of halogens is 3. The maximum Gasteiger partial charge on any atom is 0.194 e. The number of nitrogens with zero attached hydrogens (tertiary/aromatic N) is 5. The van der Waals surface area contributed by atoms with Gasteiger partial charge >= 0.3 is 0 Å². The molecule has 0 spiro atoms. The minimum Gasteiger partial charge on any atom is -0.394 e. The largest absolute Gasteiger partial charge is 0.394 e. The predicted molar refractivity (Wildman–Crippen MR) is 118 cm³/mol. The van der Waals surface area contributed by atoms with Crippen LogP contribution in [0.15, 0.2) is 30.9 Å². The third-order valence-electron chi connectivity index (χ3n) is 6.12. The zero-order valence-corrected chi connectivity index (χ0v) is 19.8. The van der Waals surface area contributed by atoms with Gasteiger partial charge in [-0.2, -0.15) is 0 Å². The van der Waals surface area contributed by atoms with Crippen LogP contribution in [0.25, 0.3) is 11.3 Å². The molecule has 0 aliphatic carbocycles. The molecule has 1 aromatic carbocycles. The SMILES string of the molecule is CO[C@@H]1[C@@H](n2cc(-c3cc(F)c(F)c(F)c3)nn2)[C@@H](O)[C@@H](CO)O[C@@H]1Cn1cnc(C(C)(C)C)c1. The molecule has 1 aliphatic heterocycles. The maximum atomic E-state index is 13.7. The highest BCUT2D eigenvalue weighted by Gasteiger charge is 2.47. The third kappa shape index (κ3) is 4.96. The van der Waals surface area contributed by atoms with Crippen LogP contribution in [0.5, 0.6) is 0 Å². The molecule has 1 aliphatic rings. The highest BCUT2D eigenvalue weighted by atomic mass is 19.2. The molecule has 0 saturated carbocycles. The monoisotopic (exact) mass is 495 g/mol. The van der Waals surface area contributed by atoms with Crippen molar-refractivity contribution in [2.45, 2.75) is 63.2 Å². The number of aromatic nitrogens is 5. The van der Waals surface area contributed by atoms with Crippen LogP contribution in [-0.4, -0.2) is 72.9 Å². The number of rotatable bonds is 6. The van der Waals surface area contributed by atoms with Crippen LogP contribution in [0.1, 0.15) is 32.5 Å². The van der Waals surface area contributed by atoms with Crippen molar-refractivity contribution in [3.8, 4) is 11.3 Å². The lowest BCUT2D eigenvalue weighted by atomic mass is 9.92. The average Bonchev–Trinajstić information content (AvgIpc) is 3.47. The predicted octanol–water partition coefficient (Wildman–Crippen LogP) is 2.23. The second kappa shape index (κ2) is 9.69. The molecule has 190 valence electrons. The Balaban J connectivity index is 1.65. The van der Waals surface area contributed by atoms with Gasteiger partial charge in [0.2, 0.25) is 0 Å². The van der Waals surface area contributed by atoms with Crippen molar-refractivity contribution in [3.63, 3.8) is 0 Å². The summed E-state index contributed by atoms with van der Waals surface area (Å²) < 4.78 is 55.6. The van der Waals surface area contributed by atoms with Gasteiger partial charge in [-0.05, 0) is 12.1 Å². The van der Waals surface area contributed by atoms with Crippen molar-refractivity contribution < 1.29 is 32.9 Å². The number of aliphatic hydroxyl groups is 2. The van der Waals surface area contributed by atoms with Crippen LogP contribution < -0.4 is 0 Å². The minimum absolute atomic E-state index is 0.0217. The smallest absolute Gasteiger partial charge is 0.194 e. The van der Waals surface area contributed by atoms with Crippen molar-refractivity contribution in [3.05, 3.63) is 54.0 Å². The molecule has 35 heavy (non-hydrogen) atoms. The van der Waals surface area contributed by atoms with Gasteiger partial charge in [0.15, 0.2) is 17.5 Å². The Bertz CT molecular complexity index is 1160. The van der Waals surface area contributed by atoms with E-state index in [0.717, 1.165) is 17.8 Å². The van der Waals surface area contributed by atoms with E-state index in [2.05, 4.69) is 15.3 Å². The quantitative estimate of drug-likeness (QED) is 0.505. The van der Waals surface area contributed by atoms with Crippen LogP contribution in [0, 0.1) is 17.5 Å². The van der Waals surface area contributed by atoms with Gasteiger partial charge in [-0.3, -0.25) is 0 Å². The fourth-order valence-electron chi connectivity index (χ4n) is 4.23. The zero-order valence-electron chi connectivity index (χ0n) is 19.8. The lowest BCUT2D eigenvalue weighted by Crippen LogP contribution is -2.57. The highest BCUT2D eigenvalue weighted by Crippen LogP contribution is 2.34. The number of benzene rings is 1. The first-order valence-electron chi connectivity index (χ1n) is 11.1. The van der Waals surface area contributed by atoms with Gasteiger partial charge in [0.1, 0.15) is 36.2 Å². The van der Waals surface area contributed by atoms with E-state index in [4.69, 9.17) is 9.47 Å². The molecule has 5 atom stereocenters. The number of hydrogen-bond acceptors (Lipinski definition) is 7. The molecule has 2 aromatic heterocycles. The molecule has 3 heterocycles. The third-order valence-corrected chi connectivity index (χ3v) is 6.12. The summed E-state index contributed by atoms with van der Waals surface area (Å²) in [5.74, 6) is -4.29. The van der Waals surface area contributed by atoms with Crippen LogP contribution in [0.3, 0.4) is 0 Å². The molecular formula is C23H28F3N5O4. The molecule has 4 rings (SSSR count). The van der Waals surface area contributed by atoms with Crippen LogP contribution in [0.2, 0.25) is 0 Å². The Morgan fingerprint density at radius 1 is 1.11 bits per heavy atom. The standard InChI is InChI=1S/C23H28F3N5O4/c1-23(2,3)18-9-30(11-27-18)8-16-22(34-4)20(21(33)17(10-32)35-16)31-7-15(28-29-31)12-5-13(24)19(26)14(25)6-12/h5-7,9,11,16-17,20-22,32-33H,8,10H2,1-4H3/t16-,17-,20+,21+,22+/m1/s1. The highest BCUT2D eigenvalue weighted by molar-refractivity contribution is 5.57. The molecule has 3 aromatic rings. The Kier molecular flexibility index (Phi) is 7.00. The summed E-state index contributed by atoms with van der Waals surface area (Å²) in [4.78, 5) is 4.44. The number of imidazole rings is 1. The summed E-state index contributed by atoms with van der Waals surface area (Å²) in [6.07, 6.45) is 1.43. The van der Waals surface area contributed by atoms with Crippen LogP contribution in [-0.2, 0) is 21.4 Å². The lowest BCUT2D eigenvalue weighted by molar-refractivity contribution is -0.215. The van der Waals surface area contributed by atoms with E-state index in [0.29, 0.717) is 6.54 Å². The molecule has 0 amide bonds. The van der Waals surface area contributed by atoms with Crippen molar-refractivity contribution in [1.29, 1.82) is 0 Å². The van der Waals surface area contributed by atoms with E-state index in [-0.39, 0.29) is 16.7 Å². The summed E-state index contributed by atoms with van der Waals surface area (Å²) in [6.45, 7) is 5.99. The maximum absolute atomic E-state index is 13.7. The normalized spacial score (nSPS) is 25.2. The molecular weight excluding hydrogens is 467 g/mol. The molecule has 1 fully saturated rings. The summed E-state index contributed by atoms with van der Waals surface area (Å²) >= 11 is 0. The Morgan fingerprint density at radius 2 is 1.80 bits per heavy atom. The number of aliphatic hydroxyl groups excluding tert-OH is 2. The summed E-state index contributed by atoms with van der Waals surface area (Å²) in [5, 5.41) is 28.7. The van der Waals surface area contributed by atoms with Gasteiger partial charge in [0.25, 0.3) is 0 Å². The van der Waals surface area contributed by atoms with E-state index < -0.39 is 54.5 Å². The van der Waals surface area contributed by atoms with Crippen molar-refractivity contribution in [2.75, 3.05) is 13.7 Å². The first-order chi connectivity index (χ1) is 16.5. The van der Waals surface area contributed by atoms with Crippen molar-refractivity contribution in [2.24, 2.45) is 0 Å².